The van der Waals surface area contributed by atoms with Crippen molar-refractivity contribution in [3.63, 3.8) is 0 Å². The number of amidine groups is 1. The summed E-state index contributed by atoms with van der Waals surface area (Å²) in [6.45, 7) is 4.52. The topological polar surface area (TPSA) is 77.2 Å². The fourth-order valence-electron chi connectivity index (χ4n) is 3.81. The molecule has 0 bridgehead atoms. The Kier molecular flexibility index (Phi) is 5.00. The molecule has 0 unspecified atom stereocenters. The van der Waals surface area contributed by atoms with Crippen LogP contribution in [0.15, 0.2) is 48.5 Å². The van der Waals surface area contributed by atoms with Crippen LogP contribution in [0.5, 0.6) is 5.75 Å². The lowest BCUT2D eigenvalue weighted by atomic mass is 9.64. The van der Waals surface area contributed by atoms with Crippen molar-refractivity contribution in [2.24, 2.45) is 0 Å². The number of hydrogen-bond acceptors (Lipinski definition) is 4. The van der Waals surface area contributed by atoms with E-state index in [9.17, 15) is 10.1 Å². The minimum Gasteiger partial charge on any atom is -0.494 e. The Morgan fingerprint density at radius 2 is 2.00 bits per heavy atom. The fourth-order valence-corrected chi connectivity index (χ4v) is 3.81. The third-order valence-corrected chi connectivity index (χ3v) is 5.33. The fraction of sp³-hybridized carbons (Fsp3) is 0.318. The van der Waals surface area contributed by atoms with E-state index in [0.717, 1.165) is 16.9 Å². The first kappa shape index (κ1) is 18.7. The quantitative estimate of drug-likeness (QED) is 0.899. The van der Waals surface area contributed by atoms with Gasteiger partial charge in [0.15, 0.2) is 0 Å². The number of nitrogens with one attached hydrogen (secondary N) is 1. The molecule has 0 aliphatic carbocycles. The van der Waals surface area contributed by atoms with Crippen molar-refractivity contribution in [2.75, 3.05) is 13.7 Å². The summed E-state index contributed by atoms with van der Waals surface area (Å²) in [7, 11) is 1.65. The monoisotopic (exact) mass is 361 g/mol. The van der Waals surface area contributed by atoms with Gasteiger partial charge in [0, 0.05) is 18.9 Å². The van der Waals surface area contributed by atoms with Gasteiger partial charge in [-0.25, -0.2) is 0 Å². The number of nitrogens with zero attached hydrogens (tertiary/aromatic N) is 2. The normalized spacial score (nSPS) is 22.4. The lowest BCUT2D eigenvalue weighted by molar-refractivity contribution is -0.131. The smallest absolute Gasteiger partial charge is 0.236 e. The van der Waals surface area contributed by atoms with E-state index >= 15 is 0 Å². The average molecular weight is 361 g/mol. The van der Waals surface area contributed by atoms with Gasteiger partial charge < -0.3 is 9.64 Å². The molecule has 0 radical (unpaired) electrons. The molecule has 0 spiro atoms. The minimum atomic E-state index is -0.610. The van der Waals surface area contributed by atoms with Gasteiger partial charge in [-0.2, -0.15) is 5.26 Å². The summed E-state index contributed by atoms with van der Waals surface area (Å²) in [6, 6.07) is 17.1. The third kappa shape index (κ3) is 3.31. The van der Waals surface area contributed by atoms with Crippen molar-refractivity contribution >= 4 is 11.7 Å². The minimum absolute atomic E-state index is 0.111. The molecule has 0 aromatic heterocycles. The summed E-state index contributed by atoms with van der Waals surface area (Å²) in [5.41, 5.74) is 1.72. The molecule has 1 amide bonds. The van der Waals surface area contributed by atoms with Crippen molar-refractivity contribution in [2.45, 2.75) is 31.6 Å². The van der Waals surface area contributed by atoms with Crippen LogP contribution in [0.3, 0.4) is 0 Å². The zero-order valence-electron chi connectivity index (χ0n) is 15.8. The average Bonchev–Trinajstić information content (AvgIpc) is 2.68. The summed E-state index contributed by atoms with van der Waals surface area (Å²) in [6.07, 6.45) is 0.419. The highest BCUT2D eigenvalue weighted by molar-refractivity contribution is 6.04. The molecule has 27 heavy (non-hydrogen) atoms. The molecule has 1 fully saturated rings. The summed E-state index contributed by atoms with van der Waals surface area (Å²) in [5.74, 6) is 0.493. The maximum atomic E-state index is 13.2. The molecule has 2 atom stereocenters. The summed E-state index contributed by atoms with van der Waals surface area (Å²) >= 11 is 0. The summed E-state index contributed by atoms with van der Waals surface area (Å²) in [5, 5.41) is 17.6. The van der Waals surface area contributed by atoms with Gasteiger partial charge in [-0.3, -0.25) is 10.2 Å². The molecular weight excluding hydrogens is 338 g/mol. The highest BCUT2D eigenvalue weighted by Gasteiger charge is 2.48. The first-order chi connectivity index (χ1) is 12.9. The Bertz CT molecular complexity index is 914. The predicted octanol–water partition coefficient (Wildman–Crippen LogP) is 3.84. The van der Waals surface area contributed by atoms with Crippen LogP contribution in [0.2, 0.25) is 0 Å². The maximum absolute atomic E-state index is 13.2. The van der Waals surface area contributed by atoms with Crippen molar-refractivity contribution in [3.8, 4) is 11.8 Å². The maximum Gasteiger partial charge on any atom is 0.236 e. The van der Waals surface area contributed by atoms with E-state index in [1.165, 1.54) is 4.90 Å². The van der Waals surface area contributed by atoms with Gasteiger partial charge in [0.1, 0.15) is 11.6 Å². The molecule has 2 aromatic rings. The Morgan fingerprint density at radius 1 is 1.30 bits per heavy atom. The molecule has 1 saturated heterocycles. The van der Waals surface area contributed by atoms with Crippen molar-refractivity contribution in [3.05, 3.63) is 65.2 Å². The summed E-state index contributed by atoms with van der Waals surface area (Å²) in [4.78, 5) is 14.6. The van der Waals surface area contributed by atoms with E-state index in [0.29, 0.717) is 18.6 Å². The van der Waals surface area contributed by atoms with Crippen LogP contribution < -0.4 is 4.74 Å². The number of benzene rings is 2. The number of likely N-dealkylation sites (N-methyl/N-ethyl adjacent to an activating group) is 1. The summed E-state index contributed by atoms with van der Waals surface area (Å²) < 4.78 is 5.51. The number of carbonyl (C=O) groups is 1. The molecule has 1 aliphatic heterocycles. The Hall–Kier alpha value is -3.13. The van der Waals surface area contributed by atoms with E-state index < -0.39 is 11.3 Å². The van der Waals surface area contributed by atoms with Crippen LogP contribution in [0.1, 0.15) is 42.9 Å². The zero-order chi connectivity index (χ0) is 19.6. The number of carbonyl (C=O) groups excluding carboxylic acids is 1. The molecular formula is C22H23N3O2. The molecule has 3 rings (SSSR count). The van der Waals surface area contributed by atoms with Crippen LogP contribution in [-0.4, -0.2) is 30.3 Å². The van der Waals surface area contributed by atoms with Crippen LogP contribution in [0, 0.1) is 16.7 Å². The predicted molar refractivity (Wildman–Crippen MR) is 104 cm³/mol. The molecule has 2 aromatic carbocycles. The van der Waals surface area contributed by atoms with Gasteiger partial charge in [0.2, 0.25) is 5.91 Å². The number of hydrogen-bond donors (Lipinski definition) is 1. The lowest BCUT2D eigenvalue weighted by Crippen LogP contribution is -2.52. The molecule has 1 heterocycles. The first-order valence-corrected chi connectivity index (χ1v) is 8.99. The zero-order valence-corrected chi connectivity index (χ0v) is 15.8. The Morgan fingerprint density at radius 3 is 2.63 bits per heavy atom. The number of piperidine rings is 1. The second-order valence-corrected chi connectivity index (χ2v) is 7.07. The van der Waals surface area contributed by atoms with E-state index in [1.54, 1.807) is 13.1 Å². The Balaban J connectivity index is 2.11. The molecule has 5 heteroatoms. The van der Waals surface area contributed by atoms with Crippen molar-refractivity contribution in [1.82, 2.24) is 4.90 Å². The SMILES string of the molecule is CCOc1ccc([C@H]2C(=O)N(C)C(=N)C[C@]2(C)c2cccc(C#N)c2)cc1. The molecule has 0 saturated carbocycles. The second-order valence-electron chi connectivity index (χ2n) is 7.07. The van der Waals surface area contributed by atoms with E-state index in [-0.39, 0.29) is 11.7 Å². The van der Waals surface area contributed by atoms with Crippen LogP contribution in [-0.2, 0) is 10.2 Å². The highest BCUT2D eigenvalue weighted by atomic mass is 16.5. The van der Waals surface area contributed by atoms with Gasteiger partial charge in [-0.1, -0.05) is 31.2 Å². The molecule has 5 nitrogen and oxygen atoms in total. The largest absolute Gasteiger partial charge is 0.494 e. The standard InChI is InChI=1S/C22H23N3O2/c1-4-27-18-10-8-16(9-11-18)20-21(26)25(3)19(24)13-22(20,2)17-7-5-6-15(12-17)14-23/h5-12,20,24H,4,13H2,1-3H3/t20-,22+/m0/s1. The van der Waals surface area contributed by atoms with Crippen LogP contribution in [0.4, 0.5) is 0 Å². The van der Waals surface area contributed by atoms with E-state index in [2.05, 4.69) is 6.07 Å². The third-order valence-electron chi connectivity index (χ3n) is 5.33. The van der Waals surface area contributed by atoms with Crippen molar-refractivity contribution < 1.29 is 9.53 Å². The van der Waals surface area contributed by atoms with E-state index in [1.807, 2.05) is 56.3 Å². The Labute approximate surface area is 159 Å². The lowest BCUT2D eigenvalue weighted by Gasteiger charge is -2.44. The van der Waals surface area contributed by atoms with Gasteiger partial charge in [0.25, 0.3) is 0 Å². The number of nitriles is 1. The van der Waals surface area contributed by atoms with Gasteiger partial charge in [-0.05, 0) is 42.3 Å². The first-order valence-electron chi connectivity index (χ1n) is 8.99. The number of ether oxygens (including phenoxy) is 1. The highest BCUT2D eigenvalue weighted by Crippen LogP contribution is 2.46. The molecule has 1 aliphatic rings. The number of amides is 1. The van der Waals surface area contributed by atoms with Gasteiger partial charge in [0.05, 0.1) is 24.2 Å². The van der Waals surface area contributed by atoms with Gasteiger partial charge in [-0.15, -0.1) is 0 Å². The number of likely N-dealkylation sites (tertiary alicyclic amines) is 1. The van der Waals surface area contributed by atoms with E-state index in [4.69, 9.17) is 10.1 Å². The number of rotatable bonds is 4. The molecule has 138 valence electrons. The van der Waals surface area contributed by atoms with Gasteiger partial charge >= 0.3 is 0 Å². The van der Waals surface area contributed by atoms with Crippen LogP contribution in [0.25, 0.3) is 0 Å². The van der Waals surface area contributed by atoms with Crippen LogP contribution >= 0.6 is 0 Å². The van der Waals surface area contributed by atoms with Crippen molar-refractivity contribution in [1.29, 1.82) is 10.7 Å². The molecule has 1 N–H and O–H groups in total. The second kappa shape index (κ2) is 7.24.